The molecule has 10 heteroatoms. The highest BCUT2D eigenvalue weighted by molar-refractivity contribution is 5.97. The molecular formula is C23H28O10. The molecule has 33 heavy (non-hydrogen) atoms. The van der Waals surface area contributed by atoms with Crippen molar-refractivity contribution < 1.29 is 49.4 Å². The van der Waals surface area contributed by atoms with Crippen LogP contribution in [0.15, 0.2) is 42.0 Å². The maximum absolute atomic E-state index is 12.1. The molecule has 0 aromatic heterocycles. The monoisotopic (exact) mass is 464 g/mol. The van der Waals surface area contributed by atoms with E-state index in [0.29, 0.717) is 6.42 Å². The first-order valence-electron chi connectivity index (χ1n) is 10.6. The zero-order valence-electron chi connectivity index (χ0n) is 18.3. The van der Waals surface area contributed by atoms with Gasteiger partial charge in [-0.2, -0.15) is 0 Å². The van der Waals surface area contributed by atoms with Crippen molar-refractivity contribution >= 4 is 17.9 Å². The van der Waals surface area contributed by atoms with Gasteiger partial charge in [0, 0.05) is 12.8 Å². The molecule has 5 N–H and O–H groups in total. The van der Waals surface area contributed by atoms with Crippen LogP contribution in [0.3, 0.4) is 0 Å². The number of hydrogen-bond acceptors (Lipinski definition) is 7. The van der Waals surface area contributed by atoms with Gasteiger partial charge < -0.3 is 35.0 Å². The molecule has 1 unspecified atom stereocenters. The van der Waals surface area contributed by atoms with Gasteiger partial charge in [-0.3, -0.25) is 0 Å². The van der Waals surface area contributed by atoms with Crippen LogP contribution in [-0.2, 0) is 30.3 Å². The SMILES string of the molecule is C/C(=C\C(C)Cc1ccccc1)CC[C@@]12C[C@@H](O)[C@@](C(=O)O)(O1)[C@](O)(C(=O)O)[C@@H](C(=O)O)O2. The number of carboxylic acid groups (broad SMARTS) is 3. The lowest BCUT2D eigenvalue weighted by molar-refractivity contribution is -0.365. The third-order valence-corrected chi connectivity index (χ3v) is 6.34. The molecule has 2 aliphatic rings. The van der Waals surface area contributed by atoms with Crippen LogP contribution in [0, 0.1) is 5.92 Å². The summed E-state index contributed by atoms with van der Waals surface area (Å²) in [6.45, 7) is 3.88. The topological polar surface area (TPSA) is 171 Å². The molecule has 2 fully saturated rings. The van der Waals surface area contributed by atoms with E-state index in [1.807, 2.05) is 50.3 Å². The maximum atomic E-state index is 12.1. The lowest BCUT2D eigenvalue weighted by atomic mass is 9.75. The number of aliphatic hydroxyl groups is 2. The van der Waals surface area contributed by atoms with Crippen LogP contribution >= 0.6 is 0 Å². The Kier molecular flexibility index (Phi) is 6.67. The van der Waals surface area contributed by atoms with Gasteiger partial charge in [-0.05, 0) is 31.2 Å². The number of fused-ring (bicyclic) bond motifs is 2. The van der Waals surface area contributed by atoms with Crippen molar-refractivity contribution in [3.05, 3.63) is 47.5 Å². The van der Waals surface area contributed by atoms with E-state index in [4.69, 9.17) is 9.47 Å². The average molecular weight is 464 g/mol. The second-order valence-electron chi connectivity index (χ2n) is 8.86. The predicted octanol–water partition coefficient (Wildman–Crippen LogP) is 1.19. The number of hydrogen-bond donors (Lipinski definition) is 5. The van der Waals surface area contributed by atoms with Crippen molar-refractivity contribution in [3.63, 3.8) is 0 Å². The number of allylic oxidation sites excluding steroid dienone is 2. The molecule has 1 aromatic rings. The highest BCUT2D eigenvalue weighted by Crippen LogP contribution is 2.54. The molecular weight excluding hydrogens is 436 g/mol. The lowest BCUT2D eigenvalue weighted by Gasteiger charge is -2.48. The maximum Gasteiger partial charge on any atom is 0.343 e. The zero-order valence-corrected chi connectivity index (χ0v) is 18.3. The van der Waals surface area contributed by atoms with E-state index in [-0.39, 0.29) is 12.3 Å². The van der Waals surface area contributed by atoms with E-state index in [0.717, 1.165) is 17.6 Å². The first-order valence-corrected chi connectivity index (χ1v) is 10.6. The van der Waals surface area contributed by atoms with Gasteiger partial charge >= 0.3 is 17.9 Å². The van der Waals surface area contributed by atoms with Gasteiger partial charge in [-0.15, -0.1) is 0 Å². The molecule has 0 radical (unpaired) electrons. The fourth-order valence-electron chi connectivity index (χ4n) is 4.80. The third kappa shape index (κ3) is 4.15. The van der Waals surface area contributed by atoms with Crippen LogP contribution in [0.4, 0.5) is 0 Å². The van der Waals surface area contributed by atoms with Crippen molar-refractivity contribution in [1.29, 1.82) is 0 Å². The second-order valence-corrected chi connectivity index (χ2v) is 8.86. The minimum atomic E-state index is -3.54. The largest absolute Gasteiger partial charge is 0.479 e. The number of aliphatic carboxylic acids is 3. The van der Waals surface area contributed by atoms with Crippen LogP contribution < -0.4 is 0 Å². The average Bonchev–Trinajstić information content (AvgIpc) is 3.00. The Labute approximate surface area is 190 Å². The van der Waals surface area contributed by atoms with Crippen LogP contribution in [0.1, 0.15) is 38.7 Å². The summed E-state index contributed by atoms with van der Waals surface area (Å²) in [4.78, 5) is 35.7. The molecule has 2 heterocycles. The quantitative estimate of drug-likeness (QED) is 0.334. The van der Waals surface area contributed by atoms with Gasteiger partial charge in [0.1, 0.15) is 6.10 Å². The Balaban J connectivity index is 1.83. The third-order valence-electron chi connectivity index (χ3n) is 6.34. The van der Waals surface area contributed by atoms with E-state index < -0.39 is 53.5 Å². The summed E-state index contributed by atoms with van der Waals surface area (Å²) in [5, 5.41) is 50.1. The highest BCUT2D eigenvalue weighted by atomic mass is 16.8. The predicted molar refractivity (Wildman–Crippen MR) is 112 cm³/mol. The Hall–Kier alpha value is -2.79. The summed E-state index contributed by atoms with van der Waals surface area (Å²) in [7, 11) is 0. The van der Waals surface area contributed by atoms with Crippen molar-refractivity contribution in [1.82, 2.24) is 0 Å². The van der Waals surface area contributed by atoms with Crippen molar-refractivity contribution in [2.24, 2.45) is 5.92 Å². The van der Waals surface area contributed by atoms with E-state index in [2.05, 4.69) is 0 Å². The number of aliphatic hydroxyl groups excluding tert-OH is 1. The molecule has 6 atom stereocenters. The van der Waals surface area contributed by atoms with Gasteiger partial charge in [0.2, 0.25) is 17.3 Å². The molecule has 180 valence electrons. The van der Waals surface area contributed by atoms with Gasteiger partial charge in [0.25, 0.3) is 0 Å². The smallest absolute Gasteiger partial charge is 0.343 e. The number of ether oxygens (including phenoxy) is 2. The molecule has 2 aliphatic heterocycles. The minimum absolute atomic E-state index is 0.0427. The molecule has 10 nitrogen and oxygen atoms in total. The van der Waals surface area contributed by atoms with Gasteiger partial charge in [0.15, 0.2) is 5.79 Å². The minimum Gasteiger partial charge on any atom is -0.479 e. The van der Waals surface area contributed by atoms with Crippen molar-refractivity contribution in [3.8, 4) is 0 Å². The van der Waals surface area contributed by atoms with Crippen LogP contribution in [0.25, 0.3) is 0 Å². The van der Waals surface area contributed by atoms with Crippen molar-refractivity contribution in [2.75, 3.05) is 0 Å². The normalized spacial score (nSPS) is 34.6. The van der Waals surface area contributed by atoms with Gasteiger partial charge in [0.05, 0.1) is 0 Å². The standard InChI is InChI=1S/C23H28O10/c1-13(10-14(2)11-15-6-4-3-5-7-15)8-9-21-12-16(24)23(33-21,20(29)30)22(31,19(27)28)17(32-21)18(25)26/h3-7,10,14,16-17,24,31H,8-9,11-12H2,1-2H3,(H,25,26)(H,27,28)(H,29,30)/b13-10+/t14?,16-,17-,21+,22-,23+/m1/s1. The Morgan fingerprint density at radius 1 is 1.15 bits per heavy atom. The molecule has 0 spiro atoms. The fraction of sp³-hybridized carbons (Fsp3) is 0.522. The number of rotatable bonds is 9. The second kappa shape index (κ2) is 8.86. The number of benzene rings is 1. The zero-order chi connectivity index (χ0) is 24.6. The van der Waals surface area contributed by atoms with Crippen LogP contribution in [-0.4, -0.2) is 72.6 Å². The van der Waals surface area contributed by atoms with Crippen LogP contribution in [0.5, 0.6) is 0 Å². The molecule has 0 amide bonds. The molecule has 0 aliphatic carbocycles. The first-order chi connectivity index (χ1) is 15.4. The Morgan fingerprint density at radius 3 is 2.33 bits per heavy atom. The molecule has 1 aromatic carbocycles. The van der Waals surface area contributed by atoms with E-state index in [1.54, 1.807) is 0 Å². The Bertz CT molecular complexity index is 959. The summed E-state index contributed by atoms with van der Waals surface area (Å²) in [5.74, 6) is -7.76. The van der Waals surface area contributed by atoms with E-state index in [9.17, 15) is 39.9 Å². The summed E-state index contributed by atoms with van der Waals surface area (Å²) < 4.78 is 10.9. The van der Waals surface area contributed by atoms with Crippen LogP contribution in [0.2, 0.25) is 0 Å². The lowest BCUT2D eigenvalue weighted by Crippen LogP contribution is -2.77. The van der Waals surface area contributed by atoms with E-state index >= 15 is 0 Å². The fourth-order valence-corrected chi connectivity index (χ4v) is 4.80. The summed E-state index contributed by atoms with van der Waals surface area (Å²) in [6.07, 6.45) is -1.90. The number of carbonyl (C=O) groups is 3. The van der Waals surface area contributed by atoms with E-state index in [1.165, 1.54) is 0 Å². The summed E-state index contributed by atoms with van der Waals surface area (Å²) >= 11 is 0. The summed E-state index contributed by atoms with van der Waals surface area (Å²) in [6, 6.07) is 9.87. The molecule has 3 rings (SSSR count). The molecule has 0 saturated carbocycles. The Morgan fingerprint density at radius 2 is 1.79 bits per heavy atom. The summed E-state index contributed by atoms with van der Waals surface area (Å²) in [5.41, 5.74) is -4.58. The van der Waals surface area contributed by atoms with Gasteiger partial charge in [-0.25, -0.2) is 14.4 Å². The van der Waals surface area contributed by atoms with Crippen molar-refractivity contribution in [2.45, 2.75) is 68.7 Å². The molecule has 2 saturated heterocycles. The van der Waals surface area contributed by atoms with Gasteiger partial charge in [-0.1, -0.05) is 48.9 Å². The first kappa shape index (κ1) is 24.8. The number of carboxylic acids is 3. The molecule has 2 bridgehead atoms. The highest BCUT2D eigenvalue weighted by Gasteiger charge is 2.81.